The number of benzene rings is 2. The highest BCUT2D eigenvalue weighted by molar-refractivity contribution is 7.91. The number of rotatable bonds is 7. The Morgan fingerprint density at radius 3 is 2.30 bits per heavy atom. The number of nitrogens with one attached hydrogen (secondary N) is 1. The SMILES string of the molecule is CCCOC(=O)c1ccc(NS(=O)(=O)Cc2ccccc2)cc1. The minimum Gasteiger partial charge on any atom is -0.462 e. The molecule has 0 amide bonds. The van der Waals surface area contributed by atoms with Gasteiger partial charge in [-0.1, -0.05) is 37.3 Å². The zero-order valence-corrected chi connectivity index (χ0v) is 13.7. The number of carbonyl (C=O) groups excluding carboxylic acids is 1. The highest BCUT2D eigenvalue weighted by atomic mass is 32.2. The van der Waals surface area contributed by atoms with Crippen molar-refractivity contribution >= 4 is 21.7 Å². The van der Waals surface area contributed by atoms with E-state index in [1.54, 1.807) is 48.5 Å². The maximum Gasteiger partial charge on any atom is 0.338 e. The molecule has 0 spiro atoms. The lowest BCUT2D eigenvalue weighted by molar-refractivity contribution is 0.0505. The van der Waals surface area contributed by atoms with Crippen molar-refractivity contribution in [2.24, 2.45) is 0 Å². The van der Waals surface area contributed by atoms with Crippen LogP contribution < -0.4 is 4.72 Å². The summed E-state index contributed by atoms with van der Waals surface area (Å²) in [5, 5.41) is 0. The highest BCUT2D eigenvalue weighted by Crippen LogP contribution is 2.14. The zero-order valence-electron chi connectivity index (χ0n) is 12.9. The maximum atomic E-state index is 12.1. The van der Waals surface area contributed by atoms with E-state index in [0.717, 1.165) is 6.42 Å². The monoisotopic (exact) mass is 333 g/mol. The largest absolute Gasteiger partial charge is 0.462 e. The first-order chi connectivity index (χ1) is 11.0. The Kier molecular flexibility index (Phi) is 5.76. The molecule has 0 aliphatic rings. The normalized spacial score (nSPS) is 11.0. The van der Waals surface area contributed by atoms with Gasteiger partial charge < -0.3 is 4.74 Å². The molecule has 2 aromatic carbocycles. The third-order valence-electron chi connectivity index (χ3n) is 3.03. The van der Waals surface area contributed by atoms with Crippen LogP contribution in [0.2, 0.25) is 0 Å². The van der Waals surface area contributed by atoms with Crippen LogP contribution in [0.5, 0.6) is 0 Å². The fourth-order valence-corrected chi connectivity index (χ4v) is 3.16. The molecule has 0 aromatic heterocycles. The molecule has 1 N–H and O–H groups in total. The van der Waals surface area contributed by atoms with Gasteiger partial charge in [-0.05, 0) is 36.2 Å². The summed E-state index contributed by atoms with van der Waals surface area (Å²) >= 11 is 0. The van der Waals surface area contributed by atoms with E-state index in [0.29, 0.717) is 23.4 Å². The van der Waals surface area contributed by atoms with Crippen LogP contribution in [0.15, 0.2) is 54.6 Å². The minimum absolute atomic E-state index is 0.103. The molecule has 5 nitrogen and oxygen atoms in total. The Morgan fingerprint density at radius 1 is 1.04 bits per heavy atom. The van der Waals surface area contributed by atoms with E-state index in [4.69, 9.17) is 4.74 Å². The average Bonchev–Trinajstić information content (AvgIpc) is 2.53. The van der Waals surface area contributed by atoms with Crippen LogP contribution in [0.25, 0.3) is 0 Å². The summed E-state index contributed by atoms with van der Waals surface area (Å²) < 4.78 is 31.8. The van der Waals surface area contributed by atoms with Crippen LogP contribution in [0, 0.1) is 0 Å². The van der Waals surface area contributed by atoms with Crippen molar-refractivity contribution in [1.29, 1.82) is 0 Å². The molecule has 0 fully saturated rings. The van der Waals surface area contributed by atoms with Gasteiger partial charge in [-0.2, -0.15) is 0 Å². The smallest absolute Gasteiger partial charge is 0.338 e. The van der Waals surface area contributed by atoms with Gasteiger partial charge in [-0.25, -0.2) is 13.2 Å². The fraction of sp³-hybridized carbons (Fsp3) is 0.235. The van der Waals surface area contributed by atoms with Crippen LogP contribution in [-0.4, -0.2) is 21.0 Å². The Bertz CT molecular complexity index is 740. The topological polar surface area (TPSA) is 72.5 Å². The summed E-state index contributed by atoms with van der Waals surface area (Å²) in [6.07, 6.45) is 0.753. The first-order valence-electron chi connectivity index (χ1n) is 7.32. The lowest BCUT2D eigenvalue weighted by Crippen LogP contribution is -2.15. The molecule has 0 bridgehead atoms. The lowest BCUT2D eigenvalue weighted by Gasteiger charge is -2.09. The number of carbonyl (C=O) groups is 1. The predicted molar refractivity (Wildman–Crippen MR) is 89.7 cm³/mol. The van der Waals surface area contributed by atoms with Gasteiger partial charge in [0, 0.05) is 5.69 Å². The molecule has 6 heteroatoms. The second kappa shape index (κ2) is 7.78. The molecular formula is C17H19NO4S. The van der Waals surface area contributed by atoms with Gasteiger partial charge in [-0.3, -0.25) is 4.72 Å². The summed E-state index contributed by atoms with van der Waals surface area (Å²) in [6.45, 7) is 2.28. The standard InChI is InChI=1S/C17H19NO4S/c1-2-12-22-17(19)15-8-10-16(11-9-15)18-23(20,21)13-14-6-4-3-5-7-14/h3-11,18H,2,12-13H2,1H3. The molecule has 0 saturated heterocycles. The molecule has 122 valence electrons. The Balaban J connectivity index is 2.01. The van der Waals surface area contributed by atoms with Crippen molar-refractivity contribution in [3.63, 3.8) is 0 Å². The van der Waals surface area contributed by atoms with E-state index >= 15 is 0 Å². The third-order valence-corrected chi connectivity index (χ3v) is 4.29. The summed E-state index contributed by atoms with van der Waals surface area (Å²) in [5.41, 5.74) is 1.51. The highest BCUT2D eigenvalue weighted by Gasteiger charge is 2.12. The summed E-state index contributed by atoms with van der Waals surface area (Å²) in [7, 11) is -3.50. The van der Waals surface area contributed by atoms with Crippen LogP contribution in [0.4, 0.5) is 5.69 Å². The van der Waals surface area contributed by atoms with Crippen molar-refractivity contribution in [1.82, 2.24) is 0 Å². The number of anilines is 1. The molecule has 0 saturated carbocycles. The van der Waals surface area contributed by atoms with Crippen molar-refractivity contribution in [2.75, 3.05) is 11.3 Å². The van der Waals surface area contributed by atoms with Crippen LogP contribution >= 0.6 is 0 Å². The number of hydrogen-bond donors (Lipinski definition) is 1. The summed E-state index contributed by atoms with van der Waals surface area (Å²) in [5.74, 6) is -0.515. The minimum atomic E-state index is -3.50. The van der Waals surface area contributed by atoms with Crippen LogP contribution in [0.3, 0.4) is 0 Å². The number of esters is 1. The molecule has 0 heterocycles. The second-order valence-electron chi connectivity index (χ2n) is 5.06. The van der Waals surface area contributed by atoms with Crippen molar-refractivity contribution < 1.29 is 17.9 Å². The van der Waals surface area contributed by atoms with Gasteiger partial charge in [0.1, 0.15) is 0 Å². The lowest BCUT2D eigenvalue weighted by atomic mass is 10.2. The van der Waals surface area contributed by atoms with Crippen molar-refractivity contribution in [2.45, 2.75) is 19.1 Å². The maximum absolute atomic E-state index is 12.1. The quantitative estimate of drug-likeness (QED) is 0.790. The van der Waals surface area contributed by atoms with Gasteiger partial charge in [0.05, 0.1) is 17.9 Å². The molecule has 23 heavy (non-hydrogen) atoms. The Labute approximate surface area is 136 Å². The first kappa shape index (κ1) is 17.0. The molecule has 2 rings (SSSR count). The van der Waals surface area contributed by atoms with E-state index < -0.39 is 16.0 Å². The van der Waals surface area contributed by atoms with E-state index in [1.807, 2.05) is 13.0 Å². The Morgan fingerprint density at radius 2 is 1.70 bits per heavy atom. The van der Waals surface area contributed by atoms with E-state index in [9.17, 15) is 13.2 Å². The molecule has 0 radical (unpaired) electrons. The molecule has 0 aliphatic heterocycles. The number of sulfonamides is 1. The van der Waals surface area contributed by atoms with Crippen molar-refractivity contribution in [3.05, 3.63) is 65.7 Å². The molecule has 0 atom stereocenters. The fourth-order valence-electron chi connectivity index (χ4n) is 1.96. The predicted octanol–water partition coefficient (Wildman–Crippen LogP) is 3.20. The number of hydrogen-bond acceptors (Lipinski definition) is 4. The van der Waals surface area contributed by atoms with Gasteiger partial charge in [0.2, 0.25) is 10.0 Å². The molecule has 0 unspecified atom stereocenters. The second-order valence-corrected chi connectivity index (χ2v) is 6.78. The van der Waals surface area contributed by atoms with Gasteiger partial charge >= 0.3 is 5.97 Å². The van der Waals surface area contributed by atoms with E-state index in [1.165, 1.54) is 0 Å². The van der Waals surface area contributed by atoms with Crippen molar-refractivity contribution in [3.8, 4) is 0 Å². The summed E-state index contributed by atoms with van der Waals surface area (Å²) in [4.78, 5) is 11.7. The van der Waals surface area contributed by atoms with Gasteiger partial charge in [0.15, 0.2) is 0 Å². The molecule has 2 aromatic rings. The third kappa shape index (κ3) is 5.41. The van der Waals surface area contributed by atoms with Crippen LogP contribution in [0.1, 0.15) is 29.3 Å². The molecule has 0 aliphatic carbocycles. The molecular weight excluding hydrogens is 314 g/mol. The zero-order chi connectivity index (χ0) is 16.7. The summed E-state index contributed by atoms with van der Waals surface area (Å²) in [6, 6.07) is 15.1. The number of ether oxygens (including phenoxy) is 1. The first-order valence-corrected chi connectivity index (χ1v) is 8.97. The average molecular weight is 333 g/mol. The van der Waals surface area contributed by atoms with Gasteiger partial charge in [0.25, 0.3) is 0 Å². The van der Waals surface area contributed by atoms with Crippen LogP contribution in [-0.2, 0) is 20.5 Å². The van der Waals surface area contributed by atoms with Gasteiger partial charge in [-0.15, -0.1) is 0 Å². The van der Waals surface area contributed by atoms with E-state index in [2.05, 4.69) is 4.72 Å². The van der Waals surface area contributed by atoms with E-state index in [-0.39, 0.29) is 5.75 Å². The Hall–Kier alpha value is -2.34.